The number of aromatic nitrogens is 1. The van der Waals surface area contributed by atoms with Crippen LogP contribution in [0.5, 0.6) is 0 Å². The van der Waals surface area contributed by atoms with Gasteiger partial charge in [-0.3, -0.25) is 0 Å². The molecule has 4 nitrogen and oxygen atoms in total. The minimum Gasteiger partial charge on any atom is -0.465 e. The van der Waals surface area contributed by atoms with E-state index in [1.165, 1.54) is 7.11 Å². The van der Waals surface area contributed by atoms with E-state index in [9.17, 15) is 4.79 Å². The first-order valence-electron chi connectivity index (χ1n) is 5.79. The summed E-state index contributed by atoms with van der Waals surface area (Å²) in [6, 6.07) is 8.54. The second-order valence-electron chi connectivity index (χ2n) is 4.25. The molecule has 1 heterocycles. The molecule has 0 spiro atoms. The third-order valence-corrected chi connectivity index (χ3v) is 3.30. The van der Waals surface area contributed by atoms with Crippen molar-refractivity contribution < 1.29 is 9.53 Å². The van der Waals surface area contributed by atoms with Crippen molar-refractivity contribution in [1.82, 2.24) is 4.57 Å². The van der Waals surface area contributed by atoms with Gasteiger partial charge in [0.15, 0.2) is 0 Å². The van der Waals surface area contributed by atoms with Crippen LogP contribution in [0.15, 0.2) is 36.5 Å². The molecular formula is C14H15ClN2O2. The zero-order chi connectivity index (χ0) is 14.0. The molecule has 19 heavy (non-hydrogen) atoms. The van der Waals surface area contributed by atoms with Gasteiger partial charge in [0, 0.05) is 18.3 Å². The first-order valence-corrected chi connectivity index (χ1v) is 6.17. The highest BCUT2D eigenvalue weighted by molar-refractivity contribution is 6.30. The monoisotopic (exact) mass is 278 g/mol. The Balaban J connectivity index is 2.43. The molecule has 5 heteroatoms. The lowest BCUT2D eigenvalue weighted by molar-refractivity contribution is 0.0599. The molecule has 2 aromatic rings. The Kier molecular flexibility index (Phi) is 3.93. The van der Waals surface area contributed by atoms with Crippen molar-refractivity contribution >= 4 is 17.6 Å². The Morgan fingerprint density at radius 1 is 1.32 bits per heavy atom. The van der Waals surface area contributed by atoms with E-state index in [4.69, 9.17) is 22.1 Å². The summed E-state index contributed by atoms with van der Waals surface area (Å²) in [5.74, 6) is -0.389. The Hall–Kier alpha value is -1.78. The van der Waals surface area contributed by atoms with E-state index >= 15 is 0 Å². The van der Waals surface area contributed by atoms with Gasteiger partial charge in [0.05, 0.1) is 24.4 Å². The number of esters is 1. The predicted octanol–water partition coefficient (Wildman–Crippen LogP) is 2.51. The quantitative estimate of drug-likeness (QED) is 0.878. The van der Waals surface area contributed by atoms with E-state index in [0.717, 1.165) is 5.56 Å². The molecule has 0 aliphatic carbocycles. The van der Waals surface area contributed by atoms with Gasteiger partial charge in [0.1, 0.15) is 0 Å². The molecule has 1 atom stereocenters. The highest BCUT2D eigenvalue weighted by atomic mass is 35.5. The van der Waals surface area contributed by atoms with E-state index in [1.54, 1.807) is 24.4 Å². The first kappa shape index (κ1) is 13.6. The molecule has 1 aromatic heterocycles. The number of rotatable bonds is 3. The Bertz CT molecular complexity index is 590. The molecule has 2 rings (SSSR count). The van der Waals surface area contributed by atoms with Crippen molar-refractivity contribution in [3.8, 4) is 0 Å². The lowest BCUT2D eigenvalue weighted by Gasteiger charge is -2.15. The number of carbonyl (C=O) groups is 1. The number of hydrogen-bond donors (Lipinski definition) is 1. The van der Waals surface area contributed by atoms with Gasteiger partial charge >= 0.3 is 5.97 Å². The molecule has 0 radical (unpaired) electrons. The summed E-state index contributed by atoms with van der Waals surface area (Å²) in [6.45, 7) is 0. The van der Waals surface area contributed by atoms with E-state index in [2.05, 4.69) is 0 Å². The molecule has 0 amide bonds. The van der Waals surface area contributed by atoms with Gasteiger partial charge in [0.25, 0.3) is 0 Å². The zero-order valence-electron chi connectivity index (χ0n) is 10.8. The standard InChI is InChI=1S/C14H15ClN2O2/c1-17-8-7-11(14(18)19-2)13(17)12(16)9-3-5-10(15)6-4-9/h3-8,12H,16H2,1-2H3. The third kappa shape index (κ3) is 2.64. The van der Waals surface area contributed by atoms with Crippen molar-refractivity contribution in [3.63, 3.8) is 0 Å². The molecule has 0 bridgehead atoms. The third-order valence-electron chi connectivity index (χ3n) is 3.05. The van der Waals surface area contributed by atoms with Crippen LogP contribution in [0.3, 0.4) is 0 Å². The normalized spacial score (nSPS) is 12.2. The number of nitrogens with zero attached hydrogens (tertiary/aromatic N) is 1. The number of nitrogens with two attached hydrogens (primary N) is 1. The molecule has 0 saturated carbocycles. The van der Waals surface area contributed by atoms with Crippen molar-refractivity contribution in [1.29, 1.82) is 0 Å². The van der Waals surface area contributed by atoms with Crippen LogP contribution in [0.25, 0.3) is 0 Å². The van der Waals surface area contributed by atoms with Crippen LogP contribution in [-0.4, -0.2) is 17.6 Å². The highest BCUT2D eigenvalue weighted by Crippen LogP contribution is 2.25. The minimum atomic E-state index is -0.411. The van der Waals surface area contributed by atoms with Gasteiger partial charge in [-0.15, -0.1) is 0 Å². The maximum Gasteiger partial charge on any atom is 0.339 e. The SMILES string of the molecule is COC(=O)c1ccn(C)c1C(N)c1ccc(Cl)cc1. The van der Waals surface area contributed by atoms with Gasteiger partial charge in [-0.05, 0) is 23.8 Å². The minimum absolute atomic E-state index is 0.389. The summed E-state index contributed by atoms with van der Waals surface area (Å²) in [5, 5.41) is 0.649. The number of carbonyl (C=O) groups excluding carboxylic acids is 1. The maximum absolute atomic E-state index is 11.7. The summed E-state index contributed by atoms with van der Waals surface area (Å²) >= 11 is 5.86. The largest absolute Gasteiger partial charge is 0.465 e. The lowest BCUT2D eigenvalue weighted by Crippen LogP contribution is -2.19. The molecular weight excluding hydrogens is 264 g/mol. The van der Waals surface area contributed by atoms with Crippen LogP contribution in [0.4, 0.5) is 0 Å². The van der Waals surface area contributed by atoms with Crippen molar-refractivity contribution in [2.24, 2.45) is 12.8 Å². The van der Waals surface area contributed by atoms with Crippen LogP contribution in [0.2, 0.25) is 5.02 Å². The van der Waals surface area contributed by atoms with Gasteiger partial charge in [0.2, 0.25) is 0 Å². The van der Waals surface area contributed by atoms with Crippen LogP contribution in [-0.2, 0) is 11.8 Å². The summed E-state index contributed by atoms with van der Waals surface area (Å²) < 4.78 is 6.59. The van der Waals surface area contributed by atoms with E-state index in [1.807, 2.05) is 23.7 Å². The number of halogens is 1. The molecule has 100 valence electrons. The van der Waals surface area contributed by atoms with Crippen molar-refractivity contribution in [2.75, 3.05) is 7.11 Å². The Labute approximate surface area is 116 Å². The van der Waals surface area contributed by atoms with E-state index < -0.39 is 6.04 Å². The summed E-state index contributed by atoms with van der Waals surface area (Å²) in [5.41, 5.74) is 8.31. The molecule has 1 aromatic carbocycles. The molecule has 0 fully saturated rings. The van der Waals surface area contributed by atoms with Crippen LogP contribution in [0.1, 0.15) is 27.7 Å². The van der Waals surface area contributed by atoms with Gasteiger partial charge in [-0.2, -0.15) is 0 Å². The van der Waals surface area contributed by atoms with Gasteiger partial charge < -0.3 is 15.0 Å². The van der Waals surface area contributed by atoms with Crippen molar-refractivity contribution in [2.45, 2.75) is 6.04 Å². The summed E-state index contributed by atoms with van der Waals surface area (Å²) in [7, 11) is 3.20. The van der Waals surface area contributed by atoms with Crippen LogP contribution >= 0.6 is 11.6 Å². The molecule has 0 aliphatic rings. The first-order chi connectivity index (χ1) is 9.04. The second-order valence-corrected chi connectivity index (χ2v) is 4.68. The number of hydrogen-bond acceptors (Lipinski definition) is 3. The fourth-order valence-electron chi connectivity index (χ4n) is 2.04. The maximum atomic E-state index is 11.7. The number of benzene rings is 1. The summed E-state index contributed by atoms with van der Waals surface area (Å²) in [6.07, 6.45) is 1.79. The Morgan fingerprint density at radius 3 is 2.53 bits per heavy atom. The van der Waals surface area contributed by atoms with E-state index in [-0.39, 0.29) is 5.97 Å². The predicted molar refractivity (Wildman–Crippen MR) is 74.2 cm³/mol. The summed E-state index contributed by atoms with van der Waals surface area (Å²) in [4.78, 5) is 11.7. The van der Waals surface area contributed by atoms with Crippen molar-refractivity contribution in [3.05, 3.63) is 58.4 Å². The average Bonchev–Trinajstić information content (AvgIpc) is 2.80. The molecule has 0 aliphatic heterocycles. The molecule has 2 N–H and O–H groups in total. The fraction of sp³-hybridized carbons (Fsp3) is 0.214. The fourth-order valence-corrected chi connectivity index (χ4v) is 2.17. The topological polar surface area (TPSA) is 57.2 Å². The van der Waals surface area contributed by atoms with Gasteiger partial charge in [-0.25, -0.2) is 4.79 Å². The molecule has 0 saturated heterocycles. The average molecular weight is 279 g/mol. The van der Waals surface area contributed by atoms with Gasteiger partial charge in [-0.1, -0.05) is 23.7 Å². The smallest absolute Gasteiger partial charge is 0.339 e. The Morgan fingerprint density at radius 2 is 1.95 bits per heavy atom. The molecule has 1 unspecified atom stereocenters. The van der Waals surface area contributed by atoms with E-state index in [0.29, 0.717) is 16.3 Å². The lowest BCUT2D eigenvalue weighted by atomic mass is 10.0. The number of ether oxygens (including phenoxy) is 1. The van der Waals surface area contributed by atoms with Crippen LogP contribution in [0, 0.1) is 0 Å². The van der Waals surface area contributed by atoms with Crippen LogP contribution < -0.4 is 5.73 Å². The highest BCUT2D eigenvalue weighted by Gasteiger charge is 2.21. The zero-order valence-corrected chi connectivity index (χ0v) is 11.5. The second kappa shape index (κ2) is 5.47. The number of methoxy groups -OCH3 is 1. The number of aryl methyl sites for hydroxylation is 1.